The Balaban J connectivity index is 1.89. The Kier molecular flexibility index (Phi) is 4.96. The molecule has 3 heterocycles. The standard InChI is InChI=1S/C19H18F3N3O2S/c1-26-11-2-10(6-24-7-11)12-3-13(16(22)4-15(12)21)19-9-27-17(5-20)14(19)8-28-18(23)25-19/h2-4,6-7,14,17H,5,8-9H2,1H3,(H2,23,25)/t14-,17-,19-/m1/s1. The van der Waals surface area contributed by atoms with Crippen molar-refractivity contribution >= 4 is 16.9 Å². The second-order valence-corrected chi connectivity index (χ2v) is 7.76. The van der Waals surface area contributed by atoms with E-state index >= 15 is 0 Å². The van der Waals surface area contributed by atoms with Gasteiger partial charge in [-0.15, -0.1) is 0 Å². The van der Waals surface area contributed by atoms with E-state index in [1.54, 1.807) is 6.07 Å². The molecule has 1 saturated heterocycles. The minimum atomic E-state index is -1.19. The fourth-order valence-electron chi connectivity index (χ4n) is 3.80. The lowest BCUT2D eigenvalue weighted by Gasteiger charge is -2.35. The van der Waals surface area contributed by atoms with Crippen LogP contribution in [-0.2, 0) is 10.3 Å². The summed E-state index contributed by atoms with van der Waals surface area (Å²) in [7, 11) is 1.47. The molecule has 5 nitrogen and oxygen atoms in total. The van der Waals surface area contributed by atoms with E-state index in [0.29, 0.717) is 17.1 Å². The summed E-state index contributed by atoms with van der Waals surface area (Å²) in [5.74, 6) is -1.04. The minimum absolute atomic E-state index is 0.0220. The highest BCUT2D eigenvalue weighted by Gasteiger charge is 2.54. The van der Waals surface area contributed by atoms with Crippen LogP contribution in [0.15, 0.2) is 35.6 Å². The molecule has 2 aliphatic rings. The van der Waals surface area contributed by atoms with E-state index in [1.165, 1.54) is 37.3 Å². The molecule has 2 N–H and O–H groups in total. The molecule has 1 aromatic carbocycles. The molecule has 2 aromatic rings. The first kappa shape index (κ1) is 19.1. The van der Waals surface area contributed by atoms with E-state index in [4.69, 9.17) is 15.2 Å². The molecule has 9 heteroatoms. The van der Waals surface area contributed by atoms with Gasteiger partial charge in [0.05, 0.1) is 26.0 Å². The number of hydrogen-bond acceptors (Lipinski definition) is 6. The molecule has 1 aromatic heterocycles. The van der Waals surface area contributed by atoms with E-state index < -0.39 is 35.9 Å². The van der Waals surface area contributed by atoms with Crippen LogP contribution < -0.4 is 10.5 Å². The third-order valence-electron chi connectivity index (χ3n) is 5.24. The van der Waals surface area contributed by atoms with E-state index in [9.17, 15) is 13.2 Å². The van der Waals surface area contributed by atoms with Crippen molar-refractivity contribution in [1.82, 2.24) is 4.98 Å². The summed E-state index contributed by atoms with van der Waals surface area (Å²) in [4.78, 5) is 8.50. The van der Waals surface area contributed by atoms with Gasteiger partial charge in [-0.2, -0.15) is 0 Å². The van der Waals surface area contributed by atoms with Crippen molar-refractivity contribution in [3.8, 4) is 16.9 Å². The van der Waals surface area contributed by atoms with E-state index in [0.717, 1.165) is 6.07 Å². The average Bonchev–Trinajstić information content (AvgIpc) is 3.06. The summed E-state index contributed by atoms with van der Waals surface area (Å²) in [6.45, 7) is -0.732. The second kappa shape index (κ2) is 7.29. The number of ether oxygens (including phenoxy) is 2. The minimum Gasteiger partial charge on any atom is -0.495 e. The molecule has 3 atom stereocenters. The average molecular weight is 409 g/mol. The van der Waals surface area contributed by atoms with Crippen molar-refractivity contribution in [3.05, 3.63) is 47.8 Å². The Morgan fingerprint density at radius 3 is 2.86 bits per heavy atom. The van der Waals surface area contributed by atoms with Crippen LogP contribution >= 0.6 is 11.8 Å². The van der Waals surface area contributed by atoms with E-state index in [2.05, 4.69) is 9.98 Å². The molecule has 0 aliphatic carbocycles. The number of rotatable bonds is 4. The van der Waals surface area contributed by atoms with Gasteiger partial charge in [-0.3, -0.25) is 4.98 Å². The van der Waals surface area contributed by atoms with Crippen LogP contribution in [0.1, 0.15) is 5.56 Å². The van der Waals surface area contributed by atoms with E-state index in [1.807, 2.05) is 0 Å². The fraction of sp³-hybridized carbons (Fsp3) is 0.368. The maximum Gasteiger partial charge on any atom is 0.154 e. The van der Waals surface area contributed by atoms with Gasteiger partial charge in [0.25, 0.3) is 0 Å². The predicted octanol–water partition coefficient (Wildman–Crippen LogP) is 3.28. The zero-order chi connectivity index (χ0) is 19.9. The second-order valence-electron chi connectivity index (χ2n) is 6.72. The third kappa shape index (κ3) is 3.02. The summed E-state index contributed by atoms with van der Waals surface area (Å²) < 4.78 is 53.7. The number of halogens is 3. The Morgan fingerprint density at radius 1 is 1.29 bits per heavy atom. The SMILES string of the molecule is COc1cncc(-c2cc([C@]34CO[C@H](CF)[C@H]3CSC(N)=N4)c(F)cc2F)c1. The Morgan fingerprint density at radius 2 is 2.11 bits per heavy atom. The summed E-state index contributed by atoms with van der Waals surface area (Å²) in [5, 5.41) is 0.271. The summed E-state index contributed by atoms with van der Waals surface area (Å²) >= 11 is 1.28. The number of nitrogens with two attached hydrogens (primary N) is 1. The molecule has 0 radical (unpaired) electrons. The zero-order valence-corrected chi connectivity index (χ0v) is 15.8. The van der Waals surface area contributed by atoms with Gasteiger partial charge in [0.1, 0.15) is 29.6 Å². The highest BCUT2D eigenvalue weighted by atomic mass is 32.2. The maximum atomic E-state index is 14.9. The number of alkyl halides is 1. The van der Waals surface area contributed by atoms with Crippen molar-refractivity contribution < 1.29 is 22.6 Å². The van der Waals surface area contributed by atoms with Crippen LogP contribution in [0.5, 0.6) is 5.75 Å². The van der Waals surface area contributed by atoms with Crippen molar-refractivity contribution in [2.75, 3.05) is 26.1 Å². The number of nitrogens with zero attached hydrogens (tertiary/aromatic N) is 2. The van der Waals surface area contributed by atoms with Gasteiger partial charge >= 0.3 is 0 Å². The molecule has 28 heavy (non-hydrogen) atoms. The highest BCUT2D eigenvalue weighted by Crippen LogP contribution is 2.49. The van der Waals surface area contributed by atoms with Crippen LogP contribution in [0.3, 0.4) is 0 Å². The smallest absolute Gasteiger partial charge is 0.154 e. The van der Waals surface area contributed by atoms with Crippen molar-refractivity contribution in [1.29, 1.82) is 0 Å². The first-order chi connectivity index (χ1) is 13.5. The first-order valence-corrected chi connectivity index (χ1v) is 9.61. The fourth-order valence-corrected chi connectivity index (χ4v) is 4.87. The number of thioether (sulfide) groups is 1. The molecule has 1 fully saturated rings. The van der Waals surface area contributed by atoms with Gasteiger partial charge in [0.2, 0.25) is 0 Å². The molecule has 4 rings (SSSR count). The molecule has 148 valence electrons. The Bertz CT molecular complexity index is 943. The molecule has 0 unspecified atom stereocenters. The Hall–Kier alpha value is -2.26. The summed E-state index contributed by atoms with van der Waals surface area (Å²) in [6.07, 6.45) is 2.23. The predicted molar refractivity (Wildman–Crippen MR) is 101 cm³/mol. The van der Waals surface area contributed by atoms with Gasteiger partial charge in [-0.05, 0) is 12.1 Å². The molecule has 0 spiro atoms. The van der Waals surface area contributed by atoms with Crippen LogP contribution in [0.25, 0.3) is 11.1 Å². The molecule has 2 aliphatic heterocycles. The van der Waals surface area contributed by atoms with Crippen molar-refractivity contribution in [2.24, 2.45) is 16.6 Å². The number of fused-ring (bicyclic) bond motifs is 1. The van der Waals surface area contributed by atoms with Crippen LogP contribution in [-0.4, -0.2) is 42.4 Å². The van der Waals surface area contributed by atoms with Crippen LogP contribution in [0, 0.1) is 17.6 Å². The van der Waals surface area contributed by atoms with Gasteiger partial charge in [-0.1, -0.05) is 11.8 Å². The molecular weight excluding hydrogens is 391 g/mol. The lowest BCUT2D eigenvalue weighted by atomic mass is 9.78. The van der Waals surface area contributed by atoms with Gasteiger partial charge in [0, 0.05) is 40.6 Å². The molecular formula is C19H18F3N3O2S. The molecule has 0 amide bonds. The van der Waals surface area contributed by atoms with Crippen molar-refractivity contribution in [3.63, 3.8) is 0 Å². The number of amidine groups is 1. The monoisotopic (exact) mass is 409 g/mol. The van der Waals surface area contributed by atoms with Gasteiger partial charge in [0.15, 0.2) is 5.17 Å². The number of aliphatic imine (C=N–C) groups is 1. The third-order valence-corrected chi connectivity index (χ3v) is 6.15. The quantitative estimate of drug-likeness (QED) is 0.839. The number of benzene rings is 1. The summed E-state index contributed by atoms with van der Waals surface area (Å²) in [6, 6.07) is 3.81. The lowest BCUT2D eigenvalue weighted by Crippen LogP contribution is -2.42. The summed E-state index contributed by atoms with van der Waals surface area (Å²) in [5.41, 5.74) is 5.42. The largest absolute Gasteiger partial charge is 0.495 e. The first-order valence-electron chi connectivity index (χ1n) is 8.63. The molecule has 0 saturated carbocycles. The van der Waals surface area contributed by atoms with Crippen molar-refractivity contribution in [2.45, 2.75) is 11.6 Å². The van der Waals surface area contributed by atoms with Gasteiger partial charge in [-0.25, -0.2) is 18.2 Å². The number of methoxy groups -OCH3 is 1. The highest BCUT2D eigenvalue weighted by molar-refractivity contribution is 8.13. The zero-order valence-electron chi connectivity index (χ0n) is 15.0. The lowest BCUT2D eigenvalue weighted by molar-refractivity contribution is 0.0721. The maximum absolute atomic E-state index is 14.9. The van der Waals surface area contributed by atoms with Crippen LogP contribution in [0.4, 0.5) is 13.2 Å². The van der Waals surface area contributed by atoms with E-state index in [-0.39, 0.29) is 22.9 Å². The van der Waals surface area contributed by atoms with Crippen LogP contribution in [0.2, 0.25) is 0 Å². The topological polar surface area (TPSA) is 69.7 Å². The Labute approximate surface area is 164 Å². The number of pyridine rings is 1. The normalized spacial score (nSPS) is 26.6. The number of hydrogen-bond donors (Lipinski definition) is 1. The molecule has 0 bridgehead atoms. The number of aromatic nitrogens is 1. The van der Waals surface area contributed by atoms with Gasteiger partial charge < -0.3 is 15.2 Å².